The van der Waals surface area contributed by atoms with E-state index in [1.807, 2.05) is 5.32 Å². The van der Waals surface area contributed by atoms with Gasteiger partial charge in [-0.25, -0.2) is 8.78 Å². The standard InChI is InChI=1S/C11H14F2N2O3/c12-11(13,7-16)6-15-10(17)5-18-9-4-2-1-3-8(9)14/h1-4,16H,5-7,14H2,(H,15,17). The van der Waals surface area contributed by atoms with E-state index >= 15 is 0 Å². The number of rotatable bonds is 6. The number of anilines is 1. The van der Waals surface area contributed by atoms with E-state index in [1.165, 1.54) is 0 Å². The predicted molar refractivity (Wildman–Crippen MR) is 61.4 cm³/mol. The Morgan fingerprint density at radius 2 is 2.11 bits per heavy atom. The fourth-order valence-corrected chi connectivity index (χ4v) is 1.09. The van der Waals surface area contributed by atoms with E-state index in [0.29, 0.717) is 11.4 Å². The first kappa shape index (κ1) is 14.2. The van der Waals surface area contributed by atoms with Crippen molar-refractivity contribution in [2.24, 2.45) is 0 Å². The molecule has 5 nitrogen and oxygen atoms in total. The highest BCUT2D eigenvalue weighted by Crippen LogP contribution is 2.19. The summed E-state index contributed by atoms with van der Waals surface area (Å²) in [5, 5.41) is 10.3. The molecule has 1 amide bonds. The molecule has 100 valence electrons. The monoisotopic (exact) mass is 260 g/mol. The van der Waals surface area contributed by atoms with Crippen molar-refractivity contribution in [1.82, 2.24) is 5.32 Å². The van der Waals surface area contributed by atoms with E-state index in [1.54, 1.807) is 24.3 Å². The predicted octanol–water partition coefficient (Wildman–Crippen LogP) is 0.391. The normalized spacial score (nSPS) is 11.1. The second-order valence-corrected chi connectivity index (χ2v) is 3.62. The molecule has 0 unspecified atom stereocenters. The number of ether oxygens (including phenoxy) is 1. The van der Waals surface area contributed by atoms with Crippen molar-refractivity contribution >= 4 is 11.6 Å². The molecule has 1 aromatic carbocycles. The Morgan fingerprint density at radius 1 is 1.44 bits per heavy atom. The molecule has 18 heavy (non-hydrogen) atoms. The third kappa shape index (κ3) is 4.54. The van der Waals surface area contributed by atoms with Gasteiger partial charge >= 0.3 is 0 Å². The number of hydrogen-bond donors (Lipinski definition) is 3. The van der Waals surface area contributed by atoms with Crippen molar-refractivity contribution in [3.63, 3.8) is 0 Å². The summed E-state index contributed by atoms with van der Waals surface area (Å²) in [7, 11) is 0. The molecule has 0 heterocycles. The van der Waals surface area contributed by atoms with Gasteiger partial charge in [-0.3, -0.25) is 4.79 Å². The van der Waals surface area contributed by atoms with Gasteiger partial charge in [-0.15, -0.1) is 0 Å². The van der Waals surface area contributed by atoms with Crippen LogP contribution < -0.4 is 15.8 Å². The molecule has 0 atom stereocenters. The van der Waals surface area contributed by atoms with Crippen LogP contribution in [-0.4, -0.2) is 36.7 Å². The Bertz CT molecular complexity index is 413. The zero-order chi connectivity index (χ0) is 13.6. The topological polar surface area (TPSA) is 84.6 Å². The number of nitrogen functional groups attached to an aromatic ring is 1. The number of carbonyl (C=O) groups excluding carboxylic acids is 1. The van der Waals surface area contributed by atoms with Crippen molar-refractivity contribution < 1.29 is 23.4 Å². The Balaban J connectivity index is 2.36. The molecule has 7 heteroatoms. The van der Waals surface area contributed by atoms with Crippen LogP contribution in [0.15, 0.2) is 24.3 Å². The molecular formula is C11H14F2N2O3. The summed E-state index contributed by atoms with van der Waals surface area (Å²) in [5.41, 5.74) is 5.91. The van der Waals surface area contributed by atoms with Gasteiger partial charge in [-0.1, -0.05) is 12.1 Å². The first-order chi connectivity index (χ1) is 8.44. The molecular weight excluding hydrogens is 246 g/mol. The smallest absolute Gasteiger partial charge is 0.287 e. The van der Waals surface area contributed by atoms with E-state index in [4.69, 9.17) is 15.6 Å². The molecule has 1 rings (SSSR count). The molecule has 0 spiro atoms. The number of benzene rings is 1. The maximum atomic E-state index is 12.6. The van der Waals surface area contributed by atoms with Gasteiger partial charge in [0.2, 0.25) is 0 Å². The van der Waals surface area contributed by atoms with Gasteiger partial charge in [0, 0.05) is 0 Å². The summed E-state index contributed by atoms with van der Waals surface area (Å²) in [5.74, 6) is -3.74. The number of halogens is 2. The molecule has 0 bridgehead atoms. The van der Waals surface area contributed by atoms with Gasteiger partial charge in [0.1, 0.15) is 12.4 Å². The molecule has 4 N–H and O–H groups in total. The highest BCUT2D eigenvalue weighted by Gasteiger charge is 2.28. The molecule has 0 saturated heterocycles. The van der Waals surface area contributed by atoms with Crippen molar-refractivity contribution in [2.45, 2.75) is 5.92 Å². The van der Waals surface area contributed by atoms with Crippen molar-refractivity contribution in [3.8, 4) is 5.75 Å². The fraction of sp³-hybridized carbons (Fsp3) is 0.364. The fourth-order valence-electron chi connectivity index (χ4n) is 1.09. The number of aliphatic hydroxyl groups excluding tert-OH is 1. The van der Waals surface area contributed by atoms with E-state index in [2.05, 4.69) is 0 Å². The number of alkyl halides is 2. The minimum absolute atomic E-state index is 0.307. The Morgan fingerprint density at radius 3 is 2.72 bits per heavy atom. The minimum atomic E-state index is -3.33. The number of aliphatic hydroxyl groups is 1. The Kier molecular flexibility index (Phi) is 4.85. The van der Waals surface area contributed by atoms with Crippen LogP contribution in [0.5, 0.6) is 5.75 Å². The molecule has 0 fully saturated rings. The summed E-state index contributed by atoms with van der Waals surface area (Å²) >= 11 is 0. The van der Waals surface area contributed by atoms with E-state index < -0.39 is 31.6 Å². The van der Waals surface area contributed by atoms with Gasteiger partial charge in [-0.05, 0) is 12.1 Å². The second kappa shape index (κ2) is 6.15. The van der Waals surface area contributed by atoms with Crippen molar-refractivity contribution in [2.75, 3.05) is 25.5 Å². The van der Waals surface area contributed by atoms with Crippen LogP contribution in [0.2, 0.25) is 0 Å². The van der Waals surface area contributed by atoms with E-state index in [0.717, 1.165) is 0 Å². The van der Waals surface area contributed by atoms with Crippen LogP contribution in [0.1, 0.15) is 0 Å². The Hall–Kier alpha value is -1.89. The van der Waals surface area contributed by atoms with Crippen LogP contribution >= 0.6 is 0 Å². The maximum absolute atomic E-state index is 12.6. The lowest BCUT2D eigenvalue weighted by molar-refractivity contribution is -0.125. The quantitative estimate of drug-likeness (QED) is 0.646. The van der Waals surface area contributed by atoms with Crippen LogP contribution in [0, 0.1) is 0 Å². The van der Waals surface area contributed by atoms with Gasteiger partial charge in [0.05, 0.1) is 12.2 Å². The Labute approximate surface area is 103 Å². The number of hydrogen-bond acceptors (Lipinski definition) is 4. The van der Waals surface area contributed by atoms with Crippen LogP contribution in [0.3, 0.4) is 0 Å². The number of amides is 1. The average Bonchev–Trinajstić information content (AvgIpc) is 2.35. The molecule has 0 aliphatic rings. The number of nitrogens with one attached hydrogen (secondary N) is 1. The summed E-state index contributed by atoms with van der Waals surface area (Å²) in [6, 6.07) is 6.52. The van der Waals surface area contributed by atoms with E-state index in [-0.39, 0.29) is 0 Å². The zero-order valence-corrected chi connectivity index (χ0v) is 9.53. The number of carbonyl (C=O) groups is 1. The summed E-state index contributed by atoms with van der Waals surface area (Å²) in [6.07, 6.45) is 0. The molecule has 0 aliphatic carbocycles. The highest BCUT2D eigenvalue weighted by molar-refractivity contribution is 5.77. The summed E-state index contributed by atoms with van der Waals surface area (Å²) < 4.78 is 30.3. The largest absolute Gasteiger partial charge is 0.482 e. The van der Waals surface area contributed by atoms with Gasteiger partial charge in [0.25, 0.3) is 11.8 Å². The first-order valence-corrected chi connectivity index (χ1v) is 5.17. The third-order valence-electron chi connectivity index (χ3n) is 2.05. The average molecular weight is 260 g/mol. The lowest BCUT2D eigenvalue weighted by atomic mass is 10.3. The van der Waals surface area contributed by atoms with Gasteiger partial charge < -0.3 is 20.9 Å². The molecule has 0 aromatic heterocycles. The highest BCUT2D eigenvalue weighted by atomic mass is 19.3. The first-order valence-electron chi connectivity index (χ1n) is 5.17. The lowest BCUT2D eigenvalue weighted by Gasteiger charge is -2.14. The number of para-hydroxylation sites is 2. The SMILES string of the molecule is Nc1ccccc1OCC(=O)NCC(F)(F)CO. The van der Waals surface area contributed by atoms with Crippen molar-refractivity contribution in [3.05, 3.63) is 24.3 Å². The summed E-state index contributed by atoms with van der Waals surface area (Å²) in [6.45, 7) is -2.68. The molecule has 0 saturated carbocycles. The molecule has 0 aliphatic heterocycles. The molecule has 1 aromatic rings. The van der Waals surface area contributed by atoms with Gasteiger partial charge in [0.15, 0.2) is 6.61 Å². The molecule has 0 radical (unpaired) electrons. The zero-order valence-electron chi connectivity index (χ0n) is 9.53. The van der Waals surface area contributed by atoms with Crippen molar-refractivity contribution in [1.29, 1.82) is 0 Å². The summed E-state index contributed by atoms with van der Waals surface area (Å²) in [4.78, 5) is 11.2. The van der Waals surface area contributed by atoms with Crippen LogP contribution in [0.25, 0.3) is 0 Å². The van der Waals surface area contributed by atoms with Gasteiger partial charge in [-0.2, -0.15) is 0 Å². The van der Waals surface area contributed by atoms with Crippen LogP contribution in [-0.2, 0) is 4.79 Å². The third-order valence-corrected chi connectivity index (χ3v) is 2.05. The van der Waals surface area contributed by atoms with Crippen LogP contribution in [0.4, 0.5) is 14.5 Å². The minimum Gasteiger partial charge on any atom is -0.482 e. The van der Waals surface area contributed by atoms with E-state index in [9.17, 15) is 13.6 Å². The maximum Gasteiger partial charge on any atom is 0.287 e. The lowest BCUT2D eigenvalue weighted by Crippen LogP contribution is -2.40. The second-order valence-electron chi connectivity index (χ2n) is 3.62. The number of nitrogens with two attached hydrogens (primary N) is 1.